The number of nitro groups is 1. The molecule has 1 aromatic rings. The number of nitrogens with zero attached hydrogens (tertiary/aromatic N) is 2. The Kier molecular flexibility index (Phi) is 4.92. The number of nitrogens with one attached hydrogen (secondary N) is 1. The van der Waals surface area contributed by atoms with E-state index in [1.165, 1.54) is 19.3 Å². The lowest BCUT2D eigenvalue weighted by Gasteiger charge is -2.31. The van der Waals surface area contributed by atoms with Crippen molar-refractivity contribution in [1.82, 2.24) is 4.90 Å². The fourth-order valence-electron chi connectivity index (χ4n) is 2.55. The summed E-state index contributed by atoms with van der Waals surface area (Å²) >= 11 is 0. The zero-order valence-electron chi connectivity index (χ0n) is 11.8. The Balaban J connectivity index is 2.07. The molecule has 2 rings (SSSR count). The highest BCUT2D eigenvalue weighted by Crippen LogP contribution is 2.28. The summed E-state index contributed by atoms with van der Waals surface area (Å²) < 4.78 is 0. The Bertz CT molecular complexity index is 474. The third-order valence-corrected chi connectivity index (χ3v) is 4.01. The van der Waals surface area contributed by atoms with Crippen molar-refractivity contribution in [2.24, 2.45) is 11.8 Å². The van der Waals surface area contributed by atoms with Gasteiger partial charge in [0, 0.05) is 19.2 Å². The molecule has 3 N–H and O–H groups in total. The van der Waals surface area contributed by atoms with E-state index in [4.69, 9.17) is 5.84 Å². The Labute approximate surface area is 119 Å². The summed E-state index contributed by atoms with van der Waals surface area (Å²) in [5.74, 6) is 6.09. The van der Waals surface area contributed by atoms with Gasteiger partial charge in [0.05, 0.1) is 4.92 Å². The molecule has 1 fully saturated rings. The van der Waals surface area contributed by atoms with Crippen LogP contribution in [-0.2, 0) is 6.54 Å². The van der Waals surface area contributed by atoms with E-state index in [2.05, 4.69) is 17.2 Å². The van der Waals surface area contributed by atoms with E-state index < -0.39 is 4.92 Å². The molecule has 6 nitrogen and oxygen atoms in total. The second-order valence-electron chi connectivity index (χ2n) is 5.38. The van der Waals surface area contributed by atoms with Gasteiger partial charge in [-0.3, -0.25) is 20.9 Å². The lowest BCUT2D eigenvalue weighted by atomic mass is 9.85. The van der Waals surface area contributed by atoms with Gasteiger partial charge < -0.3 is 5.43 Å². The van der Waals surface area contributed by atoms with Gasteiger partial charge in [-0.25, -0.2) is 0 Å². The monoisotopic (exact) mass is 278 g/mol. The van der Waals surface area contributed by atoms with Gasteiger partial charge in [-0.2, -0.15) is 0 Å². The second kappa shape index (κ2) is 6.67. The van der Waals surface area contributed by atoms with Crippen LogP contribution in [0.5, 0.6) is 0 Å². The summed E-state index contributed by atoms with van der Waals surface area (Å²) in [6.45, 7) is 4.92. The van der Waals surface area contributed by atoms with E-state index in [1.54, 1.807) is 12.1 Å². The summed E-state index contributed by atoms with van der Waals surface area (Å²) in [7, 11) is 0. The van der Waals surface area contributed by atoms with Crippen molar-refractivity contribution < 1.29 is 4.92 Å². The Morgan fingerprint density at radius 3 is 2.75 bits per heavy atom. The highest BCUT2D eigenvalue weighted by molar-refractivity contribution is 5.61. The molecule has 0 unspecified atom stereocenters. The fraction of sp³-hybridized carbons (Fsp3) is 0.571. The molecule has 1 saturated carbocycles. The number of hydrogen-bond donors (Lipinski definition) is 2. The van der Waals surface area contributed by atoms with Crippen LogP contribution in [0, 0.1) is 16.0 Å². The summed E-state index contributed by atoms with van der Waals surface area (Å²) in [6.07, 6.45) is 3.96. The Morgan fingerprint density at radius 2 is 2.25 bits per heavy atom. The van der Waals surface area contributed by atoms with Crippen molar-refractivity contribution in [1.29, 1.82) is 0 Å². The molecule has 0 atom stereocenters. The molecular formula is C14H22N4O2. The first-order valence-corrected chi connectivity index (χ1v) is 7.10. The number of rotatable bonds is 7. The summed E-state index contributed by atoms with van der Waals surface area (Å²) in [5.41, 5.74) is 3.70. The standard InChI is InChI=1S/C14H22N4O2/c1-2-17(9-11-4-3-5-11)10-12-6-7-13(16-15)14(8-12)18(19)20/h6-8,11,16H,2-5,9-10,15H2,1H3. The van der Waals surface area contributed by atoms with Gasteiger partial charge in [0.1, 0.15) is 5.69 Å². The van der Waals surface area contributed by atoms with Crippen molar-refractivity contribution in [3.8, 4) is 0 Å². The largest absolute Gasteiger partial charge is 0.318 e. The van der Waals surface area contributed by atoms with Crippen LogP contribution in [0.2, 0.25) is 0 Å². The topological polar surface area (TPSA) is 84.4 Å². The molecule has 0 bridgehead atoms. The molecule has 0 aliphatic heterocycles. The van der Waals surface area contributed by atoms with Crippen LogP contribution in [0.15, 0.2) is 18.2 Å². The third-order valence-electron chi connectivity index (χ3n) is 4.01. The van der Waals surface area contributed by atoms with E-state index in [9.17, 15) is 10.1 Å². The minimum Gasteiger partial charge on any atom is -0.318 e. The van der Waals surface area contributed by atoms with E-state index in [1.807, 2.05) is 6.07 Å². The first-order chi connectivity index (χ1) is 9.63. The van der Waals surface area contributed by atoms with Crippen molar-refractivity contribution >= 4 is 11.4 Å². The number of nitro benzene ring substituents is 1. The smallest absolute Gasteiger partial charge is 0.293 e. The van der Waals surface area contributed by atoms with E-state index in [-0.39, 0.29) is 5.69 Å². The van der Waals surface area contributed by atoms with Crippen molar-refractivity contribution in [2.75, 3.05) is 18.5 Å². The zero-order chi connectivity index (χ0) is 14.5. The summed E-state index contributed by atoms with van der Waals surface area (Å²) in [4.78, 5) is 13.0. The van der Waals surface area contributed by atoms with Gasteiger partial charge in [0.25, 0.3) is 5.69 Å². The van der Waals surface area contributed by atoms with Crippen LogP contribution in [0.25, 0.3) is 0 Å². The Hall–Kier alpha value is -1.66. The third kappa shape index (κ3) is 3.46. The quantitative estimate of drug-likeness (QED) is 0.455. The SMILES string of the molecule is CCN(Cc1ccc(NN)c([N+](=O)[O-])c1)CC1CCC1. The molecule has 20 heavy (non-hydrogen) atoms. The van der Waals surface area contributed by atoms with Crippen molar-refractivity contribution in [2.45, 2.75) is 32.7 Å². The predicted molar refractivity (Wildman–Crippen MR) is 79.2 cm³/mol. The fourth-order valence-corrected chi connectivity index (χ4v) is 2.55. The molecule has 6 heteroatoms. The molecule has 0 radical (unpaired) electrons. The number of nitrogen functional groups attached to an aromatic ring is 1. The predicted octanol–water partition coefficient (Wildman–Crippen LogP) is 2.50. The molecule has 0 spiro atoms. The van der Waals surface area contributed by atoms with Crippen LogP contribution in [0.4, 0.5) is 11.4 Å². The van der Waals surface area contributed by atoms with Crippen LogP contribution in [-0.4, -0.2) is 22.9 Å². The second-order valence-corrected chi connectivity index (χ2v) is 5.38. The maximum absolute atomic E-state index is 11.0. The van der Waals surface area contributed by atoms with Gasteiger partial charge in [-0.05, 0) is 36.9 Å². The number of hydrogen-bond acceptors (Lipinski definition) is 5. The highest BCUT2D eigenvalue weighted by atomic mass is 16.6. The van der Waals surface area contributed by atoms with Gasteiger partial charge in [0.2, 0.25) is 0 Å². The molecule has 1 aliphatic carbocycles. The lowest BCUT2D eigenvalue weighted by molar-refractivity contribution is -0.384. The van der Waals surface area contributed by atoms with Gasteiger partial charge >= 0.3 is 0 Å². The van der Waals surface area contributed by atoms with Crippen molar-refractivity contribution in [3.05, 3.63) is 33.9 Å². The van der Waals surface area contributed by atoms with E-state index in [0.717, 1.165) is 31.1 Å². The van der Waals surface area contributed by atoms with Crippen LogP contribution in [0.1, 0.15) is 31.7 Å². The molecule has 1 aromatic carbocycles. The molecular weight excluding hydrogens is 256 g/mol. The lowest BCUT2D eigenvalue weighted by Crippen LogP contribution is -2.32. The maximum Gasteiger partial charge on any atom is 0.293 e. The van der Waals surface area contributed by atoms with E-state index in [0.29, 0.717) is 5.69 Å². The van der Waals surface area contributed by atoms with Gasteiger partial charge in [-0.15, -0.1) is 0 Å². The van der Waals surface area contributed by atoms with Gasteiger partial charge in [0.15, 0.2) is 0 Å². The van der Waals surface area contributed by atoms with Crippen LogP contribution in [0.3, 0.4) is 0 Å². The molecule has 0 aromatic heterocycles. The maximum atomic E-state index is 11.0. The van der Waals surface area contributed by atoms with Crippen molar-refractivity contribution in [3.63, 3.8) is 0 Å². The average Bonchev–Trinajstić information content (AvgIpc) is 2.41. The average molecular weight is 278 g/mol. The molecule has 0 heterocycles. The summed E-state index contributed by atoms with van der Waals surface area (Å²) in [5, 5.41) is 11.0. The Morgan fingerprint density at radius 1 is 1.50 bits per heavy atom. The number of hydrazine groups is 1. The zero-order valence-corrected chi connectivity index (χ0v) is 11.8. The first-order valence-electron chi connectivity index (χ1n) is 7.10. The highest BCUT2D eigenvalue weighted by Gasteiger charge is 2.21. The first kappa shape index (κ1) is 14.7. The number of nitrogens with two attached hydrogens (primary N) is 1. The molecule has 0 amide bonds. The summed E-state index contributed by atoms with van der Waals surface area (Å²) in [6, 6.07) is 5.18. The molecule has 110 valence electrons. The number of anilines is 1. The van der Waals surface area contributed by atoms with Crippen LogP contribution < -0.4 is 11.3 Å². The number of benzene rings is 1. The normalized spacial score (nSPS) is 15.2. The van der Waals surface area contributed by atoms with Gasteiger partial charge in [-0.1, -0.05) is 19.4 Å². The molecule has 1 aliphatic rings. The molecule has 0 saturated heterocycles. The minimum atomic E-state index is -0.402. The van der Waals surface area contributed by atoms with E-state index >= 15 is 0 Å². The minimum absolute atomic E-state index is 0.0321. The van der Waals surface area contributed by atoms with Crippen LogP contribution >= 0.6 is 0 Å².